The van der Waals surface area contributed by atoms with Crippen LogP contribution in [0.2, 0.25) is 0 Å². The van der Waals surface area contributed by atoms with E-state index in [2.05, 4.69) is 6.92 Å². The van der Waals surface area contributed by atoms with Gasteiger partial charge < -0.3 is 4.90 Å². The normalized spacial score (nSPS) is 21.1. The first-order chi connectivity index (χ1) is 12.3. The molecule has 3 rings (SSSR count). The molecule has 0 saturated carbocycles. The van der Waals surface area contributed by atoms with Crippen molar-refractivity contribution in [1.29, 1.82) is 0 Å². The zero-order valence-electron chi connectivity index (χ0n) is 14.8. The van der Waals surface area contributed by atoms with Crippen molar-refractivity contribution >= 4 is 15.9 Å². The topological polar surface area (TPSA) is 57.7 Å². The monoisotopic (exact) mass is 386 g/mol. The summed E-state index contributed by atoms with van der Waals surface area (Å²) in [7, 11) is -4.10. The van der Waals surface area contributed by atoms with Crippen molar-refractivity contribution in [3.63, 3.8) is 0 Å². The largest absolute Gasteiger partial charge is 0.342 e. The number of carbonyl (C=O) groups excluding carboxylic acids is 1. The van der Waals surface area contributed by atoms with Crippen molar-refractivity contribution in [2.75, 3.05) is 26.2 Å². The molecule has 0 radical (unpaired) electrons. The lowest BCUT2D eigenvalue weighted by molar-refractivity contribution is -0.138. The first-order valence-corrected chi connectivity index (χ1v) is 10.5. The van der Waals surface area contributed by atoms with E-state index in [0.717, 1.165) is 42.4 Å². The Labute approximate surface area is 153 Å². The molecule has 0 atom stereocenters. The minimum atomic E-state index is -4.10. The fraction of sp³-hybridized carbons (Fsp3) is 0.611. The van der Waals surface area contributed by atoms with Crippen LogP contribution in [0.4, 0.5) is 8.78 Å². The van der Waals surface area contributed by atoms with Crippen molar-refractivity contribution < 1.29 is 22.0 Å². The Morgan fingerprint density at radius 2 is 1.65 bits per heavy atom. The number of hydrogen-bond donors (Lipinski definition) is 0. The number of likely N-dealkylation sites (tertiary alicyclic amines) is 1. The van der Waals surface area contributed by atoms with E-state index in [1.54, 1.807) is 0 Å². The van der Waals surface area contributed by atoms with Crippen LogP contribution in [-0.4, -0.2) is 49.7 Å². The molecule has 1 aromatic carbocycles. The molecule has 0 bridgehead atoms. The first kappa shape index (κ1) is 19.2. The van der Waals surface area contributed by atoms with Gasteiger partial charge in [0.05, 0.1) is 0 Å². The molecule has 2 heterocycles. The molecule has 2 aliphatic heterocycles. The molecule has 5 nitrogen and oxygen atoms in total. The van der Waals surface area contributed by atoms with E-state index in [1.807, 2.05) is 4.90 Å². The third-order valence-corrected chi connectivity index (χ3v) is 7.32. The van der Waals surface area contributed by atoms with Crippen molar-refractivity contribution in [3.8, 4) is 0 Å². The molecular weight excluding hydrogens is 362 g/mol. The van der Waals surface area contributed by atoms with Crippen LogP contribution >= 0.6 is 0 Å². The molecule has 0 N–H and O–H groups in total. The summed E-state index contributed by atoms with van der Waals surface area (Å²) in [6.45, 7) is 3.97. The van der Waals surface area contributed by atoms with Crippen molar-refractivity contribution in [3.05, 3.63) is 29.8 Å². The van der Waals surface area contributed by atoms with Gasteiger partial charge in [-0.05, 0) is 49.8 Å². The summed E-state index contributed by atoms with van der Waals surface area (Å²) in [5, 5.41) is 0. The van der Waals surface area contributed by atoms with Gasteiger partial charge in [0.2, 0.25) is 15.9 Å². The summed E-state index contributed by atoms with van der Waals surface area (Å²) in [6, 6.07) is 2.41. The van der Waals surface area contributed by atoms with Crippen LogP contribution in [0.1, 0.15) is 32.6 Å². The maximum Gasteiger partial charge on any atom is 0.246 e. The van der Waals surface area contributed by atoms with E-state index in [9.17, 15) is 22.0 Å². The number of amides is 1. The maximum absolute atomic E-state index is 13.9. The van der Waals surface area contributed by atoms with E-state index < -0.39 is 26.6 Å². The molecule has 144 valence electrons. The zero-order valence-corrected chi connectivity index (χ0v) is 15.6. The SMILES string of the molecule is CC1CCN(C(=O)C2CCN(S(=O)(=O)c3cc(F)ccc3F)CC2)CC1. The number of piperidine rings is 2. The molecule has 26 heavy (non-hydrogen) atoms. The molecule has 1 aromatic rings. The highest BCUT2D eigenvalue weighted by Gasteiger charge is 2.35. The number of carbonyl (C=O) groups is 1. The molecule has 2 saturated heterocycles. The fourth-order valence-electron chi connectivity index (χ4n) is 3.64. The number of halogens is 2. The van der Waals surface area contributed by atoms with Crippen LogP contribution < -0.4 is 0 Å². The summed E-state index contributed by atoms with van der Waals surface area (Å²) in [4.78, 5) is 13.9. The van der Waals surface area contributed by atoms with Gasteiger partial charge in [-0.3, -0.25) is 4.79 Å². The van der Waals surface area contributed by atoms with Crippen LogP contribution in [0.25, 0.3) is 0 Å². The third-order valence-electron chi connectivity index (χ3n) is 5.41. The minimum Gasteiger partial charge on any atom is -0.342 e. The number of rotatable bonds is 3. The summed E-state index contributed by atoms with van der Waals surface area (Å²) in [5.41, 5.74) is 0. The van der Waals surface area contributed by atoms with Crippen LogP contribution in [0.3, 0.4) is 0 Å². The highest BCUT2D eigenvalue weighted by atomic mass is 32.2. The van der Waals surface area contributed by atoms with E-state index in [0.29, 0.717) is 24.8 Å². The predicted molar refractivity (Wildman–Crippen MR) is 92.8 cm³/mol. The average Bonchev–Trinajstić information content (AvgIpc) is 2.64. The number of benzene rings is 1. The van der Waals surface area contributed by atoms with Crippen LogP contribution in [0.5, 0.6) is 0 Å². The smallest absolute Gasteiger partial charge is 0.246 e. The summed E-state index contributed by atoms with van der Waals surface area (Å²) >= 11 is 0. The van der Waals surface area contributed by atoms with Gasteiger partial charge in [-0.25, -0.2) is 17.2 Å². The van der Waals surface area contributed by atoms with Gasteiger partial charge in [-0.1, -0.05) is 6.92 Å². The van der Waals surface area contributed by atoms with Gasteiger partial charge in [0, 0.05) is 32.1 Å². The molecule has 2 fully saturated rings. The fourth-order valence-corrected chi connectivity index (χ4v) is 5.19. The van der Waals surface area contributed by atoms with Gasteiger partial charge >= 0.3 is 0 Å². The number of nitrogens with zero attached hydrogens (tertiary/aromatic N) is 2. The highest BCUT2D eigenvalue weighted by molar-refractivity contribution is 7.89. The molecule has 2 aliphatic rings. The van der Waals surface area contributed by atoms with E-state index in [-0.39, 0.29) is 24.9 Å². The van der Waals surface area contributed by atoms with Crippen molar-refractivity contribution in [2.24, 2.45) is 11.8 Å². The summed E-state index contributed by atoms with van der Waals surface area (Å²) in [5.74, 6) is -1.24. The summed E-state index contributed by atoms with van der Waals surface area (Å²) in [6.07, 6.45) is 2.80. The van der Waals surface area contributed by atoms with E-state index in [1.165, 1.54) is 0 Å². The Bertz CT molecular complexity index is 769. The minimum absolute atomic E-state index is 0.0888. The van der Waals surface area contributed by atoms with Gasteiger partial charge in [0.15, 0.2) is 0 Å². The standard InChI is InChI=1S/C18H24F2N2O3S/c1-13-4-8-21(9-5-13)18(23)14-6-10-22(11-7-14)26(24,25)17-12-15(19)2-3-16(17)20/h2-3,12-14H,4-11H2,1H3. The Balaban J connectivity index is 1.64. The first-order valence-electron chi connectivity index (χ1n) is 9.03. The Hall–Kier alpha value is -1.54. The van der Waals surface area contributed by atoms with Gasteiger partial charge in [0.25, 0.3) is 0 Å². The second-order valence-electron chi connectivity index (χ2n) is 7.26. The predicted octanol–water partition coefficient (Wildman–Crippen LogP) is 2.62. The number of hydrogen-bond acceptors (Lipinski definition) is 3. The Morgan fingerprint density at radius 1 is 1.04 bits per heavy atom. The van der Waals surface area contributed by atoms with Crippen LogP contribution in [-0.2, 0) is 14.8 Å². The van der Waals surface area contributed by atoms with Crippen molar-refractivity contribution in [2.45, 2.75) is 37.5 Å². The maximum atomic E-state index is 13.9. The van der Waals surface area contributed by atoms with Gasteiger partial charge in [-0.15, -0.1) is 0 Å². The average molecular weight is 386 g/mol. The second-order valence-corrected chi connectivity index (χ2v) is 9.17. The van der Waals surface area contributed by atoms with Gasteiger partial charge in [-0.2, -0.15) is 4.31 Å². The molecule has 8 heteroatoms. The molecule has 0 spiro atoms. The highest BCUT2D eigenvalue weighted by Crippen LogP contribution is 2.28. The van der Waals surface area contributed by atoms with E-state index in [4.69, 9.17) is 0 Å². The Kier molecular flexibility index (Phi) is 5.62. The van der Waals surface area contributed by atoms with E-state index >= 15 is 0 Å². The third kappa shape index (κ3) is 3.91. The lowest BCUT2D eigenvalue weighted by atomic mass is 9.93. The summed E-state index contributed by atoms with van der Waals surface area (Å²) < 4.78 is 53.6. The number of sulfonamides is 1. The molecule has 1 amide bonds. The molecule has 0 aromatic heterocycles. The zero-order chi connectivity index (χ0) is 18.9. The van der Waals surface area contributed by atoms with Crippen LogP contribution in [0.15, 0.2) is 23.1 Å². The lowest BCUT2D eigenvalue weighted by Crippen LogP contribution is -2.46. The molecular formula is C18H24F2N2O3S. The molecule has 0 unspecified atom stereocenters. The van der Waals surface area contributed by atoms with Crippen LogP contribution in [0, 0.1) is 23.5 Å². The quantitative estimate of drug-likeness (QED) is 0.802. The Morgan fingerprint density at radius 3 is 2.27 bits per heavy atom. The van der Waals surface area contributed by atoms with Gasteiger partial charge in [0.1, 0.15) is 16.5 Å². The second kappa shape index (κ2) is 7.60. The van der Waals surface area contributed by atoms with Crippen molar-refractivity contribution in [1.82, 2.24) is 9.21 Å². The lowest BCUT2D eigenvalue weighted by Gasteiger charge is -2.36. The molecule has 0 aliphatic carbocycles.